The van der Waals surface area contributed by atoms with Crippen LogP contribution < -0.4 is 5.73 Å². The highest BCUT2D eigenvalue weighted by atomic mass is 32.2. The predicted molar refractivity (Wildman–Crippen MR) is 65.2 cm³/mol. The molecule has 1 fully saturated rings. The van der Waals surface area contributed by atoms with Crippen LogP contribution in [0, 0.1) is 0 Å². The van der Waals surface area contributed by atoms with Crippen LogP contribution in [0.1, 0.15) is 17.5 Å². The van der Waals surface area contributed by atoms with Gasteiger partial charge in [-0.15, -0.1) is 0 Å². The summed E-state index contributed by atoms with van der Waals surface area (Å²) < 4.78 is 25.9. The summed E-state index contributed by atoms with van der Waals surface area (Å²) in [5.41, 5.74) is 8.11. The molecule has 0 spiro atoms. The minimum Gasteiger partial charge on any atom is -0.325 e. The molecule has 0 atom stereocenters. The fourth-order valence-electron chi connectivity index (χ4n) is 2.52. The van der Waals surface area contributed by atoms with Crippen LogP contribution in [0.3, 0.4) is 0 Å². The van der Waals surface area contributed by atoms with Gasteiger partial charge >= 0.3 is 0 Å². The summed E-state index contributed by atoms with van der Waals surface area (Å²) in [4.78, 5) is 0.421. The Morgan fingerprint density at radius 1 is 1.18 bits per heavy atom. The van der Waals surface area contributed by atoms with E-state index in [1.54, 1.807) is 6.07 Å². The van der Waals surface area contributed by atoms with Gasteiger partial charge in [-0.2, -0.15) is 4.31 Å². The Labute approximate surface area is 101 Å². The number of benzene rings is 1. The van der Waals surface area contributed by atoms with Crippen molar-refractivity contribution in [3.63, 3.8) is 0 Å². The summed E-state index contributed by atoms with van der Waals surface area (Å²) in [6.45, 7) is 0.888. The van der Waals surface area contributed by atoms with Crippen LogP contribution in [-0.4, -0.2) is 31.9 Å². The second-order valence-electron chi connectivity index (χ2n) is 4.87. The Hall–Kier alpha value is -0.910. The second kappa shape index (κ2) is 3.80. The Morgan fingerprint density at radius 2 is 1.88 bits per heavy atom. The molecule has 1 aromatic carbocycles. The highest BCUT2D eigenvalue weighted by Gasteiger charge is 2.34. The number of sulfonamides is 1. The molecule has 0 aromatic heterocycles. The lowest BCUT2D eigenvalue weighted by Crippen LogP contribution is -2.57. The van der Waals surface area contributed by atoms with Gasteiger partial charge in [-0.05, 0) is 42.5 Å². The molecule has 1 heterocycles. The highest BCUT2D eigenvalue weighted by molar-refractivity contribution is 7.89. The van der Waals surface area contributed by atoms with Gasteiger partial charge in [0.1, 0.15) is 0 Å². The SMILES string of the molecule is NC1CN(S(=O)(=O)c2ccc3c(c2)CCC3)C1. The fourth-order valence-corrected chi connectivity index (χ4v) is 4.13. The van der Waals surface area contributed by atoms with Crippen molar-refractivity contribution in [2.24, 2.45) is 5.73 Å². The summed E-state index contributed by atoms with van der Waals surface area (Å²) >= 11 is 0. The van der Waals surface area contributed by atoms with E-state index in [1.165, 1.54) is 15.4 Å². The first kappa shape index (κ1) is 11.2. The number of rotatable bonds is 2. The molecule has 0 radical (unpaired) electrons. The molecular weight excluding hydrogens is 236 g/mol. The van der Waals surface area contributed by atoms with E-state index < -0.39 is 10.0 Å². The van der Waals surface area contributed by atoms with E-state index in [2.05, 4.69) is 0 Å². The zero-order valence-electron chi connectivity index (χ0n) is 9.59. The molecule has 3 rings (SSSR count). The normalized spacial score (nSPS) is 21.2. The monoisotopic (exact) mass is 252 g/mol. The number of fused-ring (bicyclic) bond motifs is 1. The molecule has 2 aliphatic rings. The van der Waals surface area contributed by atoms with Gasteiger partial charge in [0, 0.05) is 19.1 Å². The summed E-state index contributed by atoms with van der Waals surface area (Å²) in [5, 5.41) is 0. The molecule has 1 aromatic rings. The van der Waals surface area contributed by atoms with E-state index >= 15 is 0 Å². The third-order valence-electron chi connectivity index (χ3n) is 3.58. The van der Waals surface area contributed by atoms with Gasteiger partial charge < -0.3 is 5.73 Å². The molecule has 1 aliphatic carbocycles. The maximum Gasteiger partial charge on any atom is 0.243 e. The van der Waals surface area contributed by atoms with E-state index in [9.17, 15) is 8.42 Å². The molecule has 92 valence electrons. The number of nitrogens with zero attached hydrogens (tertiary/aromatic N) is 1. The lowest BCUT2D eigenvalue weighted by atomic mass is 10.1. The maximum absolute atomic E-state index is 12.2. The van der Waals surface area contributed by atoms with Crippen molar-refractivity contribution in [2.45, 2.75) is 30.2 Å². The van der Waals surface area contributed by atoms with Gasteiger partial charge in [0.25, 0.3) is 0 Å². The zero-order valence-corrected chi connectivity index (χ0v) is 10.4. The van der Waals surface area contributed by atoms with E-state index in [0.29, 0.717) is 18.0 Å². The molecular formula is C12H16N2O2S. The van der Waals surface area contributed by atoms with Crippen molar-refractivity contribution in [3.05, 3.63) is 29.3 Å². The van der Waals surface area contributed by atoms with Gasteiger partial charge in [-0.25, -0.2) is 8.42 Å². The van der Waals surface area contributed by atoms with Crippen molar-refractivity contribution < 1.29 is 8.42 Å². The summed E-state index contributed by atoms with van der Waals surface area (Å²) in [6, 6.07) is 5.51. The lowest BCUT2D eigenvalue weighted by Gasteiger charge is -2.35. The molecule has 1 saturated heterocycles. The topological polar surface area (TPSA) is 63.4 Å². The Morgan fingerprint density at radius 3 is 2.59 bits per heavy atom. The maximum atomic E-state index is 12.2. The number of hydrogen-bond acceptors (Lipinski definition) is 3. The Balaban J connectivity index is 1.94. The molecule has 4 nitrogen and oxygen atoms in total. The number of hydrogen-bond donors (Lipinski definition) is 1. The first-order valence-corrected chi connectivity index (χ1v) is 7.39. The van der Waals surface area contributed by atoms with Crippen LogP contribution in [0.15, 0.2) is 23.1 Å². The van der Waals surface area contributed by atoms with Crippen molar-refractivity contribution in [2.75, 3.05) is 13.1 Å². The molecule has 0 saturated carbocycles. The highest BCUT2D eigenvalue weighted by Crippen LogP contribution is 2.27. The van der Waals surface area contributed by atoms with Crippen LogP contribution in [0.25, 0.3) is 0 Å². The first-order valence-electron chi connectivity index (χ1n) is 5.95. The summed E-state index contributed by atoms with van der Waals surface area (Å²) in [5.74, 6) is 0. The van der Waals surface area contributed by atoms with Gasteiger partial charge in [0.15, 0.2) is 0 Å². The lowest BCUT2D eigenvalue weighted by molar-refractivity contribution is 0.265. The van der Waals surface area contributed by atoms with Gasteiger partial charge in [0.05, 0.1) is 4.90 Å². The third kappa shape index (κ3) is 1.78. The van der Waals surface area contributed by atoms with E-state index in [4.69, 9.17) is 5.73 Å². The second-order valence-corrected chi connectivity index (χ2v) is 6.80. The first-order chi connectivity index (χ1) is 8.07. The molecule has 0 bridgehead atoms. The quantitative estimate of drug-likeness (QED) is 0.834. The van der Waals surface area contributed by atoms with Crippen molar-refractivity contribution in [1.82, 2.24) is 4.31 Å². The Bertz CT molecular complexity index is 548. The van der Waals surface area contributed by atoms with Crippen molar-refractivity contribution in [1.29, 1.82) is 0 Å². The average Bonchev–Trinajstić information content (AvgIpc) is 2.71. The van der Waals surface area contributed by atoms with Gasteiger partial charge in [0.2, 0.25) is 10.0 Å². The zero-order chi connectivity index (χ0) is 12.0. The molecule has 0 unspecified atom stereocenters. The number of nitrogens with two attached hydrogens (primary N) is 1. The molecule has 1 aliphatic heterocycles. The molecule has 2 N–H and O–H groups in total. The third-order valence-corrected chi connectivity index (χ3v) is 5.41. The van der Waals surface area contributed by atoms with Crippen molar-refractivity contribution in [3.8, 4) is 0 Å². The minimum absolute atomic E-state index is 0.000739. The van der Waals surface area contributed by atoms with Crippen LogP contribution in [-0.2, 0) is 22.9 Å². The average molecular weight is 252 g/mol. The summed E-state index contributed by atoms with van der Waals surface area (Å²) in [6.07, 6.45) is 3.20. The number of aryl methyl sites for hydroxylation is 2. The van der Waals surface area contributed by atoms with Crippen LogP contribution in [0.4, 0.5) is 0 Å². The minimum atomic E-state index is -3.30. The predicted octanol–water partition coefficient (Wildman–Crippen LogP) is 0.507. The smallest absolute Gasteiger partial charge is 0.243 e. The fraction of sp³-hybridized carbons (Fsp3) is 0.500. The van der Waals surface area contributed by atoms with Gasteiger partial charge in [-0.3, -0.25) is 0 Å². The van der Waals surface area contributed by atoms with Gasteiger partial charge in [-0.1, -0.05) is 6.07 Å². The largest absolute Gasteiger partial charge is 0.325 e. The molecule has 17 heavy (non-hydrogen) atoms. The molecule has 0 amide bonds. The Kier molecular flexibility index (Phi) is 2.50. The van der Waals surface area contributed by atoms with E-state index in [-0.39, 0.29) is 6.04 Å². The van der Waals surface area contributed by atoms with Crippen molar-refractivity contribution >= 4 is 10.0 Å². The van der Waals surface area contributed by atoms with E-state index in [1.807, 2.05) is 12.1 Å². The van der Waals surface area contributed by atoms with Crippen LogP contribution >= 0.6 is 0 Å². The summed E-state index contributed by atoms with van der Waals surface area (Å²) in [7, 11) is -3.30. The van der Waals surface area contributed by atoms with E-state index in [0.717, 1.165) is 19.3 Å². The van der Waals surface area contributed by atoms with Crippen LogP contribution in [0.2, 0.25) is 0 Å². The molecule has 5 heteroatoms. The van der Waals surface area contributed by atoms with Crippen LogP contribution in [0.5, 0.6) is 0 Å². The standard InChI is InChI=1S/C12H16N2O2S/c13-11-7-14(8-11)17(15,16)12-5-4-9-2-1-3-10(9)6-12/h4-6,11H,1-3,7-8,13H2.